The average molecular weight is 257 g/mol. The standard InChI is InChI=1S/C15H19N3O/c1-18-14-8-11(13-9-19-7-6-16-13)4-5-12(14)17-15(18)10-2-3-10/h4-5,8,10,13,16H,2-3,6-7,9H2,1H3. The minimum Gasteiger partial charge on any atom is -0.378 e. The Kier molecular flexibility index (Phi) is 2.60. The number of nitrogens with zero attached hydrogens (tertiary/aromatic N) is 2. The Bertz CT molecular complexity index is 609. The first-order valence-corrected chi connectivity index (χ1v) is 7.10. The summed E-state index contributed by atoms with van der Waals surface area (Å²) >= 11 is 0. The summed E-state index contributed by atoms with van der Waals surface area (Å²) in [5, 5.41) is 3.51. The molecule has 1 saturated heterocycles. The largest absolute Gasteiger partial charge is 0.378 e. The van der Waals surface area contributed by atoms with Gasteiger partial charge in [0.05, 0.1) is 30.3 Å². The molecule has 19 heavy (non-hydrogen) atoms. The Hall–Kier alpha value is -1.39. The molecule has 2 aromatic rings. The third-order valence-corrected chi connectivity index (χ3v) is 4.21. The molecule has 0 radical (unpaired) electrons. The molecule has 1 aliphatic heterocycles. The van der Waals surface area contributed by atoms with Crippen LogP contribution in [0, 0.1) is 0 Å². The minimum absolute atomic E-state index is 0.317. The van der Waals surface area contributed by atoms with E-state index in [9.17, 15) is 0 Å². The Morgan fingerprint density at radius 1 is 1.37 bits per heavy atom. The first-order chi connectivity index (χ1) is 9.33. The second kappa shape index (κ2) is 4.32. The van der Waals surface area contributed by atoms with Gasteiger partial charge < -0.3 is 14.6 Å². The summed E-state index contributed by atoms with van der Waals surface area (Å²) in [5.41, 5.74) is 3.66. The van der Waals surface area contributed by atoms with Gasteiger partial charge in [0, 0.05) is 19.5 Å². The second-order valence-electron chi connectivity index (χ2n) is 5.63. The fourth-order valence-corrected chi connectivity index (χ4v) is 2.93. The van der Waals surface area contributed by atoms with Gasteiger partial charge in [-0.1, -0.05) is 6.07 Å². The maximum Gasteiger partial charge on any atom is 0.112 e. The molecule has 100 valence electrons. The van der Waals surface area contributed by atoms with Crippen molar-refractivity contribution in [3.05, 3.63) is 29.6 Å². The van der Waals surface area contributed by atoms with Gasteiger partial charge in [-0.2, -0.15) is 0 Å². The number of nitrogens with one attached hydrogen (secondary N) is 1. The first kappa shape index (κ1) is 11.4. The van der Waals surface area contributed by atoms with Crippen LogP contribution in [-0.4, -0.2) is 29.3 Å². The van der Waals surface area contributed by atoms with Gasteiger partial charge in [-0.15, -0.1) is 0 Å². The van der Waals surface area contributed by atoms with Crippen LogP contribution in [-0.2, 0) is 11.8 Å². The summed E-state index contributed by atoms with van der Waals surface area (Å²) in [4.78, 5) is 4.77. The molecule has 0 amide bonds. The van der Waals surface area contributed by atoms with Crippen LogP contribution in [0.4, 0.5) is 0 Å². The molecule has 1 atom stereocenters. The summed E-state index contributed by atoms with van der Waals surface area (Å²) in [5.74, 6) is 1.94. The molecule has 0 bridgehead atoms. The summed E-state index contributed by atoms with van der Waals surface area (Å²) in [6.07, 6.45) is 2.59. The summed E-state index contributed by atoms with van der Waals surface area (Å²) in [6.45, 7) is 2.51. The molecule has 1 saturated carbocycles. The number of hydrogen-bond acceptors (Lipinski definition) is 3. The molecule has 2 aliphatic rings. The number of imidazole rings is 1. The molecule has 4 nitrogen and oxygen atoms in total. The van der Waals surface area contributed by atoms with Gasteiger partial charge in [-0.3, -0.25) is 0 Å². The van der Waals surface area contributed by atoms with Crippen LogP contribution in [0.5, 0.6) is 0 Å². The second-order valence-corrected chi connectivity index (χ2v) is 5.63. The molecule has 1 aromatic heterocycles. The van der Waals surface area contributed by atoms with Crippen molar-refractivity contribution in [2.24, 2.45) is 7.05 Å². The summed E-state index contributed by atoms with van der Waals surface area (Å²) in [6, 6.07) is 6.91. The van der Waals surface area contributed by atoms with E-state index < -0.39 is 0 Å². The van der Waals surface area contributed by atoms with E-state index in [0.29, 0.717) is 12.0 Å². The molecule has 2 fully saturated rings. The third kappa shape index (κ3) is 1.95. The van der Waals surface area contributed by atoms with Crippen LogP contribution in [0.3, 0.4) is 0 Å². The van der Waals surface area contributed by atoms with Gasteiger partial charge in [0.25, 0.3) is 0 Å². The van der Waals surface area contributed by atoms with Crippen LogP contribution in [0.25, 0.3) is 11.0 Å². The van der Waals surface area contributed by atoms with Crippen LogP contribution < -0.4 is 5.32 Å². The van der Waals surface area contributed by atoms with Crippen molar-refractivity contribution in [3.8, 4) is 0 Å². The number of rotatable bonds is 2. The smallest absolute Gasteiger partial charge is 0.112 e. The molecule has 4 heteroatoms. The lowest BCUT2D eigenvalue weighted by Crippen LogP contribution is -2.34. The maximum absolute atomic E-state index is 5.55. The van der Waals surface area contributed by atoms with Crippen molar-refractivity contribution in [1.29, 1.82) is 0 Å². The Labute approximate surface area is 112 Å². The van der Waals surface area contributed by atoms with Crippen LogP contribution in [0.15, 0.2) is 18.2 Å². The Morgan fingerprint density at radius 3 is 3.00 bits per heavy atom. The molecule has 4 rings (SSSR count). The fourth-order valence-electron chi connectivity index (χ4n) is 2.93. The number of aryl methyl sites for hydroxylation is 1. The van der Waals surface area contributed by atoms with Gasteiger partial charge in [-0.05, 0) is 30.5 Å². The van der Waals surface area contributed by atoms with E-state index in [-0.39, 0.29) is 0 Å². The third-order valence-electron chi connectivity index (χ3n) is 4.21. The number of hydrogen-bond donors (Lipinski definition) is 1. The zero-order valence-electron chi connectivity index (χ0n) is 11.2. The number of ether oxygens (including phenoxy) is 1. The molecule has 2 heterocycles. The lowest BCUT2D eigenvalue weighted by molar-refractivity contribution is 0.0769. The van der Waals surface area contributed by atoms with Crippen LogP contribution >= 0.6 is 0 Å². The van der Waals surface area contributed by atoms with Crippen molar-refractivity contribution in [3.63, 3.8) is 0 Å². The maximum atomic E-state index is 5.55. The molecule has 1 aromatic carbocycles. The SMILES string of the molecule is Cn1c(C2CC2)nc2ccc(C3COCCN3)cc21. The predicted molar refractivity (Wildman–Crippen MR) is 74.3 cm³/mol. The van der Waals surface area contributed by atoms with Gasteiger partial charge >= 0.3 is 0 Å². The topological polar surface area (TPSA) is 39.1 Å². The van der Waals surface area contributed by atoms with E-state index in [4.69, 9.17) is 9.72 Å². The number of morpholine rings is 1. The number of fused-ring (bicyclic) bond motifs is 1. The molecular weight excluding hydrogens is 238 g/mol. The Balaban J connectivity index is 1.75. The van der Waals surface area contributed by atoms with Crippen molar-refractivity contribution in [2.75, 3.05) is 19.8 Å². The van der Waals surface area contributed by atoms with Crippen molar-refractivity contribution in [2.45, 2.75) is 24.8 Å². The number of aromatic nitrogens is 2. The van der Waals surface area contributed by atoms with E-state index in [2.05, 4.69) is 35.1 Å². The average Bonchev–Trinajstić information content (AvgIpc) is 3.25. The van der Waals surface area contributed by atoms with E-state index in [1.165, 1.54) is 29.7 Å². The highest BCUT2D eigenvalue weighted by atomic mass is 16.5. The highest BCUT2D eigenvalue weighted by Gasteiger charge is 2.28. The van der Waals surface area contributed by atoms with E-state index in [0.717, 1.165) is 25.3 Å². The van der Waals surface area contributed by atoms with E-state index in [1.807, 2.05) is 0 Å². The van der Waals surface area contributed by atoms with Gasteiger partial charge in [0.1, 0.15) is 5.82 Å². The highest BCUT2D eigenvalue weighted by molar-refractivity contribution is 5.77. The normalized spacial score (nSPS) is 23.9. The zero-order chi connectivity index (χ0) is 12.8. The first-order valence-electron chi connectivity index (χ1n) is 7.10. The molecule has 0 spiro atoms. The lowest BCUT2D eigenvalue weighted by Gasteiger charge is -2.24. The van der Waals surface area contributed by atoms with Crippen molar-refractivity contribution < 1.29 is 4.74 Å². The summed E-state index contributed by atoms with van der Waals surface area (Å²) in [7, 11) is 2.14. The fraction of sp³-hybridized carbons (Fsp3) is 0.533. The van der Waals surface area contributed by atoms with Crippen molar-refractivity contribution in [1.82, 2.24) is 14.9 Å². The monoisotopic (exact) mass is 257 g/mol. The van der Waals surface area contributed by atoms with E-state index >= 15 is 0 Å². The minimum atomic E-state index is 0.317. The number of benzene rings is 1. The Morgan fingerprint density at radius 2 is 2.26 bits per heavy atom. The highest BCUT2D eigenvalue weighted by Crippen LogP contribution is 2.40. The molecular formula is C15H19N3O. The predicted octanol–water partition coefficient (Wildman–Crippen LogP) is 2.11. The molecule has 1 unspecified atom stereocenters. The molecule has 1 aliphatic carbocycles. The molecule has 1 N–H and O–H groups in total. The lowest BCUT2D eigenvalue weighted by atomic mass is 10.1. The van der Waals surface area contributed by atoms with Crippen LogP contribution in [0.1, 0.15) is 36.2 Å². The quantitative estimate of drug-likeness (QED) is 0.895. The van der Waals surface area contributed by atoms with Gasteiger partial charge in [0.15, 0.2) is 0 Å². The van der Waals surface area contributed by atoms with Crippen LogP contribution in [0.2, 0.25) is 0 Å². The van der Waals surface area contributed by atoms with Gasteiger partial charge in [-0.25, -0.2) is 4.98 Å². The van der Waals surface area contributed by atoms with Crippen molar-refractivity contribution >= 4 is 11.0 Å². The van der Waals surface area contributed by atoms with E-state index in [1.54, 1.807) is 0 Å². The summed E-state index contributed by atoms with van der Waals surface area (Å²) < 4.78 is 7.81. The van der Waals surface area contributed by atoms with Gasteiger partial charge in [0.2, 0.25) is 0 Å². The zero-order valence-corrected chi connectivity index (χ0v) is 11.2.